The molecule has 0 unspecified atom stereocenters. The van der Waals surface area contributed by atoms with Gasteiger partial charge in [0.2, 0.25) is 0 Å². The summed E-state index contributed by atoms with van der Waals surface area (Å²) in [6.07, 6.45) is 0. The van der Waals surface area contributed by atoms with E-state index in [0.717, 1.165) is 3.50 Å². The van der Waals surface area contributed by atoms with Crippen molar-refractivity contribution in [2.24, 2.45) is 0 Å². The molecular formula is C5H8O3Se2. The SMILES string of the molecule is CCOC(=[Se])[Se]CC(=O)O. The Bertz CT molecular complexity index is 135. The third kappa shape index (κ3) is 6.30. The van der Waals surface area contributed by atoms with Crippen molar-refractivity contribution in [3.05, 3.63) is 0 Å². The van der Waals surface area contributed by atoms with E-state index in [-0.39, 0.29) is 20.3 Å². The zero-order valence-corrected chi connectivity index (χ0v) is 8.92. The van der Waals surface area contributed by atoms with Gasteiger partial charge in [0.15, 0.2) is 0 Å². The van der Waals surface area contributed by atoms with Crippen molar-refractivity contribution in [1.82, 2.24) is 0 Å². The zero-order valence-electron chi connectivity index (χ0n) is 5.49. The number of aliphatic carboxylic acids is 1. The zero-order chi connectivity index (χ0) is 7.98. The Morgan fingerprint density at radius 1 is 1.80 bits per heavy atom. The predicted octanol–water partition coefficient (Wildman–Crippen LogP) is -0.514. The van der Waals surface area contributed by atoms with Gasteiger partial charge in [0.25, 0.3) is 0 Å². The van der Waals surface area contributed by atoms with Gasteiger partial charge >= 0.3 is 73.5 Å². The molecule has 3 nitrogen and oxygen atoms in total. The van der Waals surface area contributed by atoms with Crippen molar-refractivity contribution in [2.75, 3.05) is 6.61 Å². The van der Waals surface area contributed by atoms with Gasteiger partial charge in [-0.15, -0.1) is 0 Å². The van der Waals surface area contributed by atoms with Crippen molar-refractivity contribution in [2.45, 2.75) is 12.2 Å². The van der Waals surface area contributed by atoms with Crippen LogP contribution in [0, 0.1) is 0 Å². The number of ether oxygens (including phenoxy) is 1. The molecule has 0 aliphatic rings. The number of carbonyl (C=O) groups is 1. The number of hydrogen-bond acceptors (Lipinski definition) is 2. The van der Waals surface area contributed by atoms with E-state index in [2.05, 4.69) is 15.6 Å². The van der Waals surface area contributed by atoms with Crippen molar-refractivity contribution in [3.63, 3.8) is 0 Å². The third-order valence-corrected chi connectivity index (χ3v) is 3.67. The Kier molecular flexibility index (Phi) is 6.03. The van der Waals surface area contributed by atoms with Crippen LogP contribution in [0.2, 0.25) is 5.32 Å². The van der Waals surface area contributed by atoms with Crippen molar-refractivity contribution in [3.8, 4) is 0 Å². The molecule has 0 heterocycles. The fraction of sp³-hybridized carbons (Fsp3) is 0.600. The van der Waals surface area contributed by atoms with Gasteiger partial charge in [-0.1, -0.05) is 0 Å². The van der Waals surface area contributed by atoms with Gasteiger partial charge in [0.05, 0.1) is 0 Å². The molecule has 0 aromatic rings. The average molecular weight is 274 g/mol. The molecule has 0 spiro atoms. The van der Waals surface area contributed by atoms with Crippen LogP contribution in [0.4, 0.5) is 0 Å². The Hall–Kier alpha value is 0.179. The molecule has 58 valence electrons. The topological polar surface area (TPSA) is 46.5 Å². The monoisotopic (exact) mass is 276 g/mol. The van der Waals surface area contributed by atoms with E-state index in [1.807, 2.05) is 6.92 Å². The Morgan fingerprint density at radius 3 is 2.80 bits per heavy atom. The molecule has 0 saturated carbocycles. The van der Waals surface area contributed by atoms with E-state index in [0.29, 0.717) is 6.61 Å². The van der Waals surface area contributed by atoms with Crippen LogP contribution in [0.15, 0.2) is 0 Å². The molecular weight excluding hydrogens is 266 g/mol. The second-order valence-electron chi connectivity index (χ2n) is 1.37. The summed E-state index contributed by atoms with van der Waals surface area (Å²) in [5.74, 6) is -0.771. The van der Waals surface area contributed by atoms with Crippen LogP contribution in [0.3, 0.4) is 0 Å². The summed E-state index contributed by atoms with van der Waals surface area (Å²) < 4.78 is 5.75. The van der Waals surface area contributed by atoms with Crippen LogP contribution in [0.5, 0.6) is 0 Å². The van der Waals surface area contributed by atoms with E-state index < -0.39 is 5.97 Å². The normalized spacial score (nSPS) is 8.90. The van der Waals surface area contributed by atoms with Gasteiger partial charge in [0, 0.05) is 0 Å². The Morgan fingerprint density at radius 2 is 2.40 bits per heavy atom. The van der Waals surface area contributed by atoms with Crippen molar-refractivity contribution in [1.29, 1.82) is 0 Å². The van der Waals surface area contributed by atoms with Gasteiger partial charge in [-0.2, -0.15) is 0 Å². The summed E-state index contributed by atoms with van der Waals surface area (Å²) in [5.41, 5.74) is 0. The molecule has 0 aromatic heterocycles. The van der Waals surface area contributed by atoms with E-state index in [4.69, 9.17) is 9.84 Å². The molecule has 0 fully saturated rings. The molecule has 0 amide bonds. The van der Waals surface area contributed by atoms with E-state index in [1.54, 1.807) is 0 Å². The molecule has 0 atom stereocenters. The standard InChI is InChI=1S/C5H8O3Se2/c1-2-8-5(9)10-3-4(6)7/h2-3H2,1H3,(H,6,7). The summed E-state index contributed by atoms with van der Waals surface area (Å²) in [5, 5.41) is 8.45. The molecule has 10 heavy (non-hydrogen) atoms. The van der Waals surface area contributed by atoms with Crippen LogP contribution < -0.4 is 0 Å². The van der Waals surface area contributed by atoms with Gasteiger partial charge in [-0.3, -0.25) is 0 Å². The molecule has 0 aromatic carbocycles. The second-order valence-corrected chi connectivity index (χ2v) is 5.44. The molecule has 0 radical (unpaired) electrons. The molecule has 0 bridgehead atoms. The molecule has 1 N–H and O–H groups in total. The molecule has 5 heteroatoms. The summed E-state index contributed by atoms with van der Waals surface area (Å²) in [7, 11) is 0. The van der Waals surface area contributed by atoms with Crippen LogP contribution >= 0.6 is 0 Å². The van der Waals surface area contributed by atoms with Gasteiger partial charge in [-0.25, -0.2) is 0 Å². The quantitative estimate of drug-likeness (QED) is 0.687. The van der Waals surface area contributed by atoms with Crippen molar-refractivity contribution < 1.29 is 14.6 Å². The summed E-state index contributed by atoms with van der Waals surface area (Å²) in [6.45, 7) is 2.47. The molecule has 0 saturated heterocycles. The first-order valence-corrected chi connectivity index (χ1v) is 5.60. The van der Waals surface area contributed by atoms with E-state index in [1.165, 1.54) is 0 Å². The Labute approximate surface area is 73.6 Å². The average Bonchev–Trinajstić information content (AvgIpc) is 1.85. The fourth-order valence-electron chi connectivity index (χ4n) is 0.280. The van der Waals surface area contributed by atoms with Crippen LogP contribution in [0.1, 0.15) is 6.92 Å². The van der Waals surface area contributed by atoms with E-state index in [9.17, 15) is 4.79 Å². The fourth-order valence-corrected chi connectivity index (χ4v) is 2.10. The first-order valence-electron chi connectivity index (χ1n) is 2.68. The van der Waals surface area contributed by atoms with E-state index >= 15 is 0 Å². The predicted molar refractivity (Wildman–Crippen MR) is 40.6 cm³/mol. The molecule has 0 rings (SSSR count). The van der Waals surface area contributed by atoms with Crippen LogP contribution in [-0.2, 0) is 9.53 Å². The number of rotatable bonds is 5. The first kappa shape index (κ1) is 10.2. The van der Waals surface area contributed by atoms with Gasteiger partial charge in [-0.05, 0) is 0 Å². The number of carboxylic acids is 1. The summed E-state index contributed by atoms with van der Waals surface area (Å²) in [4.78, 5) is 10.0. The second kappa shape index (κ2) is 5.93. The first-order chi connectivity index (χ1) is 4.66. The van der Waals surface area contributed by atoms with Crippen LogP contribution in [0.25, 0.3) is 0 Å². The molecule has 0 aliphatic carbocycles. The number of carboxylic acid groups (broad SMARTS) is 1. The maximum atomic E-state index is 10.0. The summed E-state index contributed by atoms with van der Waals surface area (Å²) >= 11 is 2.64. The van der Waals surface area contributed by atoms with Gasteiger partial charge in [0.1, 0.15) is 0 Å². The van der Waals surface area contributed by atoms with Crippen molar-refractivity contribution >= 4 is 40.0 Å². The maximum absolute atomic E-state index is 10.0. The number of hydrogen-bond donors (Lipinski definition) is 1. The minimum absolute atomic E-state index is 0.0537. The Balaban J connectivity index is 3.30. The van der Waals surface area contributed by atoms with Crippen LogP contribution in [-0.4, -0.2) is 51.7 Å². The van der Waals surface area contributed by atoms with Gasteiger partial charge < -0.3 is 0 Å². The third-order valence-electron chi connectivity index (χ3n) is 0.576. The summed E-state index contributed by atoms with van der Waals surface area (Å²) in [6, 6.07) is 0. The molecule has 0 aliphatic heterocycles. The minimum atomic E-state index is -0.771.